The molecule has 54 valence electrons. The molecule has 1 atom stereocenters. The summed E-state index contributed by atoms with van der Waals surface area (Å²) in [6, 6.07) is 7.58. The average Bonchev–Trinajstić information content (AvgIpc) is 1.88. The molecule has 0 bridgehead atoms. The number of benzene rings is 1. The minimum Gasteiger partial charge on any atom is -0.399 e. The predicted octanol–water partition coefficient (Wildman–Crippen LogP) is 0.522. The number of hydrogen-bond donors (Lipinski definition) is 2. The fourth-order valence-corrected chi connectivity index (χ4v) is 1.41. The van der Waals surface area contributed by atoms with Crippen molar-refractivity contribution in [2.24, 2.45) is 0 Å². The summed E-state index contributed by atoms with van der Waals surface area (Å²) < 4.78 is 0. The number of nitrogens with two attached hydrogens (primary N) is 1. The van der Waals surface area contributed by atoms with Gasteiger partial charge in [0.25, 0.3) is 0 Å². The van der Waals surface area contributed by atoms with Gasteiger partial charge in [-0.3, -0.25) is 0 Å². The van der Waals surface area contributed by atoms with E-state index in [1.165, 1.54) is 0 Å². The van der Waals surface area contributed by atoms with Gasteiger partial charge < -0.3 is 10.8 Å². The van der Waals surface area contributed by atoms with Crippen molar-refractivity contribution in [1.29, 1.82) is 0 Å². The van der Waals surface area contributed by atoms with Crippen molar-refractivity contribution < 1.29 is 5.11 Å². The van der Waals surface area contributed by atoms with Crippen LogP contribution >= 0.6 is 8.58 Å². The fraction of sp³-hybridized carbons (Fsp3) is 0.143. The number of aliphatic hydroxyl groups is 1. The molecule has 2 nitrogen and oxygen atoms in total. The summed E-state index contributed by atoms with van der Waals surface area (Å²) in [5.41, 5.74) is 6.27. The second-order valence-corrected chi connectivity index (χ2v) is 3.21. The van der Waals surface area contributed by atoms with Gasteiger partial charge in [0, 0.05) is 5.69 Å². The molecule has 0 aliphatic rings. The summed E-state index contributed by atoms with van der Waals surface area (Å²) in [7, 11) is 0.459. The highest BCUT2D eigenvalue weighted by Crippen LogP contribution is 2.09. The molecule has 0 saturated carbocycles. The first-order valence-electron chi connectivity index (χ1n) is 3.03. The summed E-state index contributed by atoms with van der Waals surface area (Å²) in [5, 5.41) is 9.70. The van der Waals surface area contributed by atoms with Gasteiger partial charge in [-0.25, -0.2) is 0 Å². The number of nitrogen functional groups attached to an aromatic ring is 1. The molecule has 0 saturated heterocycles. The lowest BCUT2D eigenvalue weighted by Gasteiger charge is -1.97. The van der Waals surface area contributed by atoms with Gasteiger partial charge in [-0.2, -0.15) is 0 Å². The van der Waals surface area contributed by atoms with Crippen LogP contribution in [0.1, 0.15) is 0 Å². The third kappa shape index (κ3) is 1.98. The highest BCUT2D eigenvalue weighted by molar-refractivity contribution is 7.46. The number of anilines is 1. The maximum Gasteiger partial charge on any atom is 0.0637 e. The van der Waals surface area contributed by atoms with Crippen LogP contribution in [0.2, 0.25) is 0 Å². The van der Waals surface area contributed by atoms with Gasteiger partial charge in [0.15, 0.2) is 0 Å². The van der Waals surface area contributed by atoms with E-state index in [2.05, 4.69) is 0 Å². The Morgan fingerprint density at radius 2 is 2.30 bits per heavy atom. The average molecular weight is 155 g/mol. The monoisotopic (exact) mass is 155 g/mol. The largest absolute Gasteiger partial charge is 0.399 e. The molecule has 0 spiro atoms. The van der Waals surface area contributed by atoms with Crippen LogP contribution in [0.4, 0.5) is 5.69 Å². The number of aliphatic hydroxyl groups excluding tert-OH is 1. The van der Waals surface area contributed by atoms with Gasteiger partial charge in [0.2, 0.25) is 0 Å². The van der Waals surface area contributed by atoms with E-state index in [1.807, 2.05) is 24.3 Å². The van der Waals surface area contributed by atoms with Crippen LogP contribution in [0.25, 0.3) is 0 Å². The summed E-state index contributed by atoms with van der Waals surface area (Å²) in [6.07, 6.45) is 0.212. The maximum atomic E-state index is 8.58. The zero-order valence-corrected chi connectivity index (χ0v) is 6.54. The minimum atomic E-state index is 0.212. The quantitative estimate of drug-likeness (QED) is 0.483. The smallest absolute Gasteiger partial charge is 0.0637 e. The summed E-state index contributed by atoms with van der Waals surface area (Å²) in [5.74, 6) is 0. The Hall–Kier alpha value is -0.590. The van der Waals surface area contributed by atoms with Gasteiger partial charge >= 0.3 is 0 Å². The molecule has 10 heavy (non-hydrogen) atoms. The molecule has 3 N–H and O–H groups in total. The Labute approximate surface area is 61.8 Å². The molecular weight excluding hydrogens is 145 g/mol. The zero-order valence-electron chi connectivity index (χ0n) is 5.54. The van der Waals surface area contributed by atoms with Crippen molar-refractivity contribution >= 4 is 19.6 Å². The lowest BCUT2D eigenvalue weighted by atomic mass is 10.3. The van der Waals surface area contributed by atoms with Gasteiger partial charge in [0.1, 0.15) is 0 Å². The SMILES string of the molecule is Nc1cccc(PCO)c1. The van der Waals surface area contributed by atoms with Crippen molar-refractivity contribution in [3.05, 3.63) is 24.3 Å². The van der Waals surface area contributed by atoms with Gasteiger partial charge in [-0.1, -0.05) is 20.7 Å². The molecule has 0 radical (unpaired) electrons. The molecule has 0 aromatic heterocycles. The highest BCUT2D eigenvalue weighted by Gasteiger charge is 1.89. The second-order valence-electron chi connectivity index (χ2n) is 1.96. The van der Waals surface area contributed by atoms with Crippen molar-refractivity contribution in [1.82, 2.24) is 0 Å². The third-order valence-corrected chi connectivity index (χ3v) is 2.05. The Morgan fingerprint density at radius 3 is 2.90 bits per heavy atom. The number of hydrogen-bond acceptors (Lipinski definition) is 2. The molecule has 0 aliphatic carbocycles. The Balaban J connectivity index is 2.75. The van der Waals surface area contributed by atoms with Crippen LogP contribution in [-0.2, 0) is 0 Å². The summed E-state index contributed by atoms with van der Waals surface area (Å²) in [4.78, 5) is 0. The first-order valence-corrected chi connectivity index (χ1v) is 4.24. The van der Waals surface area contributed by atoms with E-state index < -0.39 is 0 Å². The van der Waals surface area contributed by atoms with E-state index in [0.29, 0.717) is 8.58 Å². The minimum absolute atomic E-state index is 0.212. The lowest BCUT2D eigenvalue weighted by molar-refractivity contribution is 0.373. The van der Waals surface area contributed by atoms with Crippen molar-refractivity contribution in [3.63, 3.8) is 0 Å². The molecule has 1 aromatic rings. The van der Waals surface area contributed by atoms with E-state index in [4.69, 9.17) is 10.8 Å². The van der Waals surface area contributed by atoms with Crippen molar-refractivity contribution in [3.8, 4) is 0 Å². The van der Waals surface area contributed by atoms with E-state index in [-0.39, 0.29) is 6.35 Å². The van der Waals surface area contributed by atoms with Gasteiger partial charge in [0.05, 0.1) is 6.35 Å². The van der Waals surface area contributed by atoms with E-state index in [0.717, 1.165) is 11.0 Å². The first kappa shape index (κ1) is 7.52. The molecule has 0 aliphatic heterocycles. The van der Waals surface area contributed by atoms with Crippen LogP contribution in [0.3, 0.4) is 0 Å². The van der Waals surface area contributed by atoms with Crippen LogP contribution in [-0.4, -0.2) is 11.5 Å². The first-order chi connectivity index (χ1) is 4.83. The highest BCUT2D eigenvalue weighted by atomic mass is 31.1. The topological polar surface area (TPSA) is 46.2 Å². The molecule has 3 heteroatoms. The molecule has 1 rings (SSSR count). The maximum absolute atomic E-state index is 8.58. The van der Waals surface area contributed by atoms with Crippen LogP contribution < -0.4 is 11.0 Å². The molecule has 0 heterocycles. The standard InChI is InChI=1S/C7H10NOP/c8-6-2-1-3-7(4-6)10-5-9/h1-4,9-10H,5,8H2. The predicted molar refractivity (Wildman–Crippen MR) is 45.9 cm³/mol. The Morgan fingerprint density at radius 1 is 1.50 bits per heavy atom. The molecule has 0 fully saturated rings. The lowest BCUT2D eigenvalue weighted by Crippen LogP contribution is -1.96. The van der Waals surface area contributed by atoms with Crippen molar-refractivity contribution in [2.45, 2.75) is 0 Å². The third-order valence-electron chi connectivity index (χ3n) is 1.17. The summed E-state index contributed by atoms with van der Waals surface area (Å²) in [6.45, 7) is 0. The van der Waals surface area contributed by atoms with Crippen LogP contribution in [0.5, 0.6) is 0 Å². The molecule has 1 unspecified atom stereocenters. The molecule has 1 aromatic carbocycles. The Bertz CT molecular complexity index is 215. The van der Waals surface area contributed by atoms with Gasteiger partial charge in [-0.15, -0.1) is 0 Å². The van der Waals surface area contributed by atoms with Crippen LogP contribution in [0, 0.1) is 0 Å². The zero-order chi connectivity index (χ0) is 7.40. The molecular formula is C7H10NOP. The number of rotatable bonds is 2. The van der Waals surface area contributed by atoms with E-state index >= 15 is 0 Å². The van der Waals surface area contributed by atoms with Crippen LogP contribution in [0.15, 0.2) is 24.3 Å². The van der Waals surface area contributed by atoms with Crippen molar-refractivity contribution in [2.75, 3.05) is 12.1 Å². The fourth-order valence-electron chi connectivity index (χ4n) is 0.740. The molecule has 0 amide bonds. The normalized spacial score (nSPS) is 10.9. The van der Waals surface area contributed by atoms with E-state index in [9.17, 15) is 0 Å². The Kier molecular flexibility index (Phi) is 2.67. The summed E-state index contributed by atoms with van der Waals surface area (Å²) >= 11 is 0. The second kappa shape index (κ2) is 3.55. The van der Waals surface area contributed by atoms with Gasteiger partial charge in [-0.05, 0) is 17.4 Å². The van der Waals surface area contributed by atoms with E-state index in [1.54, 1.807) is 0 Å².